The SMILES string of the molecule is Nc1nc2c(ncn2[C@@H]2O[C@H](CO)C[C@H]2O)c(=O)n1N. The van der Waals surface area contributed by atoms with Gasteiger partial charge in [0.1, 0.15) is 6.10 Å². The molecule has 0 unspecified atom stereocenters. The van der Waals surface area contributed by atoms with Gasteiger partial charge in [0.15, 0.2) is 17.4 Å². The number of aromatic nitrogens is 4. The first kappa shape index (κ1) is 12.8. The molecule has 20 heavy (non-hydrogen) atoms. The fourth-order valence-corrected chi connectivity index (χ4v) is 2.28. The van der Waals surface area contributed by atoms with Crippen molar-refractivity contribution in [1.29, 1.82) is 0 Å². The summed E-state index contributed by atoms with van der Waals surface area (Å²) < 4.78 is 7.59. The van der Waals surface area contributed by atoms with Gasteiger partial charge in [-0.2, -0.15) is 9.66 Å². The van der Waals surface area contributed by atoms with Crippen molar-refractivity contribution in [3.05, 3.63) is 16.7 Å². The summed E-state index contributed by atoms with van der Waals surface area (Å²) in [5.74, 6) is 5.26. The van der Waals surface area contributed by atoms with Gasteiger partial charge in [-0.05, 0) is 0 Å². The van der Waals surface area contributed by atoms with Crippen LogP contribution < -0.4 is 17.1 Å². The zero-order chi connectivity index (χ0) is 14.4. The second kappa shape index (κ2) is 4.44. The molecule has 1 aliphatic heterocycles. The molecule has 2 aromatic rings. The van der Waals surface area contributed by atoms with Gasteiger partial charge in [-0.3, -0.25) is 9.36 Å². The van der Waals surface area contributed by atoms with Gasteiger partial charge >= 0.3 is 5.56 Å². The molecule has 0 spiro atoms. The first-order valence-corrected chi connectivity index (χ1v) is 5.97. The van der Waals surface area contributed by atoms with Gasteiger partial charge in [0.05, 0.1) is 19.0 Å². The molecule has 2 aromatic heterocycles. The zero-order valence-corrected chi connectivity index (χ0v) is 10.4. The third-order valence-corrected chi connectivity index (χ3v) is 3.30. The van der Waals surface area contributed by atoms with Crippen LogP contribution in [0.5, 0.6) is 0 Å². The number of nitrogen functional groups attached to an aromatic ring is 2. The van der Waals surface area contributed by atoms with Crippen molar-refractivity contribution >= 4 is 17.1 Å². The van der Waals surface area contributed by atoms with E-state index in [0.717, 1.165) is 0 Å². The molecule has 1 fully saturated rings. The Balaban J connectivity index is 2.12. The molecule has 0 radical (unpaired) electrons. The van der Waals surface area contributed by atoms with E-state index < -0.39 is 24.0 Å². The van der Waals surface area contributed by atoms with E-state index in [4.69, 9.17) is 21.4 Å². The summed E-state index contributed by atoms with van der Waals surface area (Å²) in [4.78, 5) is 19.8. The molecule has 0 aromatic carbocycles. The van der Waals surface area contributed by atoms with Crippen LogP contribution in [-0.4, -0.2) is 48.2 Å². The average molecular weight is 282 g/mol. The van der Waals surface area contributed by atoms with Crippen LogP contribution in [0.2, 0.25) is 0 Å². The molecule has 3 heterocycles. The summed E-state index contributed by atoms with van der Waals surface area (Å²) in [6, 6.07) is 0. The van der Waals surface area contributed by atoms with Crippen molar-refractivity contribution in [3.63, 3.8) is 0 Å². The Morgan fingerprint density at radius 1 is 1.55 bits per heavy atom. The summed E-state index contributed by atoms with van der Waals surface area (Å²) in [6.45, 7) is -0.203. The highest BCUT2D eigenvalue weighted by atomic mass is 16.5. The van der Waals surface area contributed by atoms with Crippen LogP contribution in [-0.2, 0) is 4.74 Å². The first-order chi connectivity index (χ1) is 9.52. The monoisotopic (exact) mass is 282 g/mol. The Labute approximate surface area is 112 Å². The summed E-state index contributed by atoms with van der Waals surface area (Å²) in [5, 5.41) is 19.0. The zero-order valence-electron chi connectivity index (χ0n) is 10.4. The molecule has 6 N–H and O–H groups in total. The third kappa shape index (κ3) is 1.73. The molecule has 0 amide bonds. The molecule has 0 aliphatic carbocycles. The molecular weight excluding hydrogens is 268 g/mol. The normalized spacial score (nSPS) is 26.4. The Kier molecular flexibility index (Phi) is 2.85. The van der Waals surface area contributed by atoms with Crippen LogP contribution in [0.3, 0.4) is 0 Å². The van der Waals surface area contributed by atoms with Crippen molar-refractivity contribution in [1.82, 2.24) is 19.2 Å². The third-order valence-electron chi connectivity index (χ3n) is 3.30. The lowest BCUT2D eigenvalue weighted by Crippen LogP contribution is -2.31. The second-order valence-corrected chi connectivity index (χ2v) is 4.60. The Bertz CT molecular complexity index is 710. The maximum atomic E-state index is 11.9. The van der Waals surface area contributed by atoms with E-state index in [0.29, 0.717) is 4.68 Å². The molecule has 3 rings (SSSR count). The number of nitrogens with two attached hydrogens (primary N) is 2. The fraction of sp³-hybridized carbons (Fsp3) is 0.500. The number of nitrogens with zero attached hydrogens (tertiary/aromatic N) is 4. The maximum Gasteiger partial charge on any atom is 0.301 e. The molecule has 0 bridgehead atoms. The van der Waals surface area contributed by atoms with E-state index in [1.165, 1.54) is 10.9 Å². The summed E-state index contributed by atoms with van der Waals surface area (Å²) in [5.41, 5.74) is 5.17. The lowest BCUT2D eigenvalue weighted by atomic mass is 10.2. The number of anilines is 1. The standard InChI is InChI=1S/C10H14N6O4/c11-10-14-7-6(8(19)16(10)12)13-3-15(7)9-5(18)1-4(2-17)20-9/h3-5,9,17-18H,1-2,12H2,(H2,11,14)/t4-,5+,9+/m0/s1. The molecule has 10 nitrogen and oxygen atoms in total. The first-order valence-electron chi connectivity index (χ1n) is 5.97. The molecule has 1 saturated heterocycles. The number of hydrogen-bond donors (Lipinski definition) is 4. The Hall–Kier alpha value is -2.17. The molecule has 0 saturated carbocycles. The van der Waals surface area contributed by atoms with Crippen molar-refractivity contribution in [2.75, 3.05) is 18.2 Å². The number of rotatable bonds is 2. The minimum Gasteiger partial charge on any atom is -0.394 e. The van der Waals surface area contributed by atoms with Gasteiger partial charge in [0.2, 0.25) is 5.95 Å². The van der Waals surface area contributed by atoms with Gasteiger partial charge in [-0.15, -0.1) is 0 Å². The van der Waals surface area contributed by atoms with Crippen LogP contribution in [0.15, 0.2) is 11.1 Å². The number of fused-ring (bicyclic) bond motifs is 1. The predicted molar refractivity (Wildman–Crippen MR) is 68.0 cm³/mol. The predicted octanol–water partition coefficient (Wildman–Crippen LogP) is -2.47. The molecular formula is C10H14N6O4. The summed E-state index contributed by atoms with van der Waals surface area (Å²) in [7, 11) is 0. The highest BCUT2D eigenvalue weighted by Crippen LogP contribution is 2.30. The Morgan fingerprint density at radius 3 is 2.95 bits per heavy atom. The molecule has 108 valence electrons. The Morgan fingerprint density at radius 2 is 2.30 bits per heavy atom. The molecule has 10 heteroatoms. The van der Waals surface area contributed by atoms with Crippen LogP contribution in [0.4, 0.5) is 5.95 Å². The smallest absolute Gasteiger partial charge is 0.301 e. The van der Waals surface area contributed by atoms with E-state index in [-0.39, 0.29) is 30.1 Å². The number of ether oxygens (including phenoxy) is 1. The van der Waals surface area contributed by atoms with Crippen molar-refractivity contribution in [2.24, 2.45) is 0 Å². The summed E-state index contributed by atoms with van der Waals surface area (Å²) >= 11 is 0. The number of aliphatic hydroxyl groups excluding tert-OH is 2. The molecule has 3 atom stereocenters. The number of hydrogen-bond acceptors (Lipinski definition) is 8. The van der Waals surface area contributed by atoms with Gasteiger partial charge < -0.3 is 26.5 Å². The van der Waals surface area contributed by atoms with Crippen LogP contribution in [0, 0.1) is 0 Å². The van der Waals surface area contributed by atoms with Crippen LogP contribution in [0.1, 0.15) is 12.6 Å². The number of imidazole rings is 1. The van der Waals surface area contributed by atoms with Gasteiger partial charge in [0.25, 0.3) is 0 Å². The van der Waals surface area contributed by atoms with E-state index in [1.807, 2.05) is 0 Å². The number of aliphatic hydroxyl groups is 2. The van der Waals surface area contributed by atoms with Crippen molar-refractivity contribution in [2.45, 2.75) is 24.9 Å². The maximum absolute atomic E-state index is 11.9. The lowest BCUT2D eigenvalue weighted by molar-refractivity contribution is -0.0486. The minimum absolute atomic E-state index is 0.0324. The largest absolute Gasteiger partial charge is 0.394 e. The van der Waals surface area contributed by atoms with E-state index in [1.54, 1.807) is 0 Å². The van der Waals surface area contributed by atoms with E-state index >= 15 is 0 Å². The van der Waals surface area contributed by atoms with Crippen molar-refractivity contribution in [3.8, 4) is 0 Å². The minimum atomic E-state index is -0.840. The van der Waals surface area contributed by atoms with Gasteiger partial charge in [0, 0.05) is 6.42 Å². The van der Waals surface area contributed by atoms with Crippen molar-refractivity contribution < 1.29 is 14.9 Å². The van der Waals surface area contributed by atoms with Gasteiger partial charge in [-0.25, -0.2) is 4.98 Å². The molecule has 1 aliphatic rings. The van der Waals surface area contributed by atoms with Gasteiger partial charge in [-0.1, -0.05) is 0 Å². The second-order valence-electron chi connectivity index (χ2n) is 4.60. The van der Waals surface area contributed by atoms with E-state index in [2.05, 4.69) is 9.97 Å². The quantitative estimate of drug-likeness (QED) is 0.442. The fourth-order valence-electron chi connectivity index (χ4n) is 2.28. The highest BCUT2D eigenvalue weighted by Gasteiger charge is 2.36. The summed E-state index contributed by atoms with van der Waals surface area (Å²) in [6.07, 6.45) is -0.485. The highest BCUT2D eigenvalue weighted by molar-refractivity contribution is 5.71. The average Bonchev–Trinajstić information content (AvgIpc) is 2.99. The van der Waals surface area contributed by atoms with E-state index in [9.17, 15) is 9.90 Å². The van der Waals surface area contributed by atoms with Crippen LogP contribution >= 0.6 is 0 Å². The topological polar surface area (TPSA) is 154 Å². The van der Waals surface area contributed by atoms with Crippen LogP contribution in [0.25, 0.3) is 11.2 Å². The lowest BCUT2D eigenvalue weighted by Gasteiger charge is -2.16.